The molecule has 1 aliphatic rings. The summed E-state index contributed by atoms with van der Waals surface area (Å²) >= 11 is 0. The molecule has 2 aromatic carbocycles. The van der Waals surface area contributed by atoms with Crippen molar-refractivity contribution in [3.63, 3.8) is 0 Å². The number of benzene rings is 2. The summed E-state index contributed by atoms with van der Waals surface area (Å²) in [6.07, 6.45) is -0.612. The van der Waals surface area contributed by atoms with E-state index in [0.717, 1.165) is 22.5 Å². The Labute approximate surface area is 157 Å². The number of carbonyl (C=O) groups excluding carboxylic acids is 1. The second-order valence-electron chi connectivity index (χ2n) is 6.40. The van der Waals surface area contributed by atoms with Gasteiger partial charge < -0.3 is 14.8 Å². The molecule has 6 heteroatoms. The number of nitrogens with zero attached hydrogens (tertiary/aromatic N) is 2. The van der Waals surface area contributed by atoms with Gasteiger partial charge in [-0.15, -0.1) is 0 Å². The highest BCUT2D eigenvalue weighted by Crippen LogP contribution is 2.26. The summed E-state index contributed by atoms with van der Waals surface area (Å²) in [5, 5.41) is 7.69. The van der Waals surface area contributed by atoms with Crippen molar-refractivity contribution >= 4 is 11.7 Å². The van der Waals surface area contributed by atoms with Crippen molar-refractivity contribution in [3.8, 4) is 16.9 Å². The average Bonchev–Trinajstić information content (AvgIpc) is 3.13. The molecular weight excluding hydrogens is 342 g/mol. The largest absolute Gasteiger partial charge is 0.376 e. The van der Waals surface area contributed by atoms with Gasteiger partial charge in [-0.2, -0.15) is 5.10 Å². The molecule has 0 radical (unpaired) electrons. The third-order valence-corrected chi connectivity index (χ3v) is 4.48. The Morgan fingerprint density at radius 3 is 2.63 bits per heavy atom. The van der Waals surface area contributed by atoms with E-state index in [9.17, 15) is 4.79 Å². The molecule has 0 bridgehead atoms. The molecule has 1 N–H and O–H groups in total. The van der Waals surface area contributed by atoms with Gasteiger partial charge in [0, 0.05) is 11.6 Å². The lowest BCUT2D eigenvalue weighted by Gasteiger charge is -2.22. The van der Waals surface area contributed by atoms with Crippen LogP contribution in [0.3, 0.4) is 0 Å². The predicted molar refractivity (Wildman–Crippen MR) is 103 cm³/mol. The first kappa shape index (κ1) is 17.5. The molecule has 1 aromatic heterocycles. The van der Waals surface area contributed by atoms with Gasteiger partial charge in [0.05, 0.1) is 31.2 Å². The van der Waals surface area contributed by atoms with E-state index in [1.165, 1.54) is 0 Å². The molecule has 2 heterocycles. The van der Waals surface area contributed by atoms with Crippen LogP contribution in [0.5, 0.6) is 0 Å². The van der Waals surface area contributed by atoms with E-state index in [1.54, 1.807) is 4.68 Å². The van der Waals surface area contributed by atoms with Gasteiger partial charge in [0.15, 0.2) is 6.10 Å². The number of anilines is 1. The van der Waals surface area contributed by atoms with Crippen molar-refractivity contribution in [3.05, 3.63) is 66.2 Å². The van der Waals surface area contributed by atoms with Gasteiger partial charge in [0.2, 0.25) is 0 Å². The van der Waals surface area contributed by atoms with Gasteiger partial charge in [-0.1, -0.05) is 48.5 Å². The Morgan fingerprint density at radius 1 is 1.11 bits per heavy atom. The van der Waals surface area contributed by atoms with Gasteiger partial charge in [0.1, 0.15) is 5.82 Å². The van der Waals surface area contributed by atoms with Crippen LogP contribution in [0.1, 0.15) is 5.56 Å². The van der Waals surface area contributed by atoms with E-state index in [0.29, 0.717) is 19.0 Å². The minimum absolute atomic E-state index is 0.232. The fraction of sp³-hybridized carbons (Fsp3) is 0.238. The van der Waals surface area contributed by atoms with Crippen molar-refractivity contribution in [2.24, 2.45) is 0 Å². The Hall–Kier alpha value is -2.96. The van der Waals surface area contributed by atoms with Crippen LogP contribution in [0.15, 0.2) is 60.7 Å². The van der Waals surface area contributed by atoms with Crippen LogP contribution in [-0.4, -0.2) is 41.6 Å². The van der Waals surface area contributed by atoms with E-state index < -0.39 is 6.10 Å². The minimum atomic E-state index is -0.612. The summed E-state index contributed by atoms with van der Waals surface area (Å²) in [6.45, 7) is 3.21. The number of ether oxygens (including phenoxy) is 2. The van der Waals surface area contributed by atoms with Crippen LogP contribution in [0.4, 0.5) is 5.82 Å². The molecule has 1 aliphatic heterocycles. The normalized spacial score (nSPS) is 16.9. The van der Waals surface area contributed by atoms with Crippen molar-refractivity contribution in [2.75, 3.05) is 25.1 Å². The monoisotopic (exact) mass is 363 g/mol. The molecule has 1 atom stereocenters. The van der Waals surface area contributed by atoms with E-state index in [2.05, 4.69) is 5.32 Å². The Balaban J connectivity index is 1.71. The van der Waals surface area contributed by atoms with Crippen LogP contribution in [0.25, 0.3) is 16.9 Å². The molecule has 0 saturated carbocycles. The molecular formula is C21H21N3O3. The molecule has 1 amide bonds. The van der Waals surface area contributed by atoms with Crippen molar-refractivity contribution in [2.45, 2.75) is 13.0 Å². The maximum absolute atomic E-state index is 12.6. The van der Waals surface area contributed by atoms with Gasteiger partial charge in [-0.3, -0.25) is 4.79 Å². The SMILES string of the molecule is Cc1ccccc1-n1nc(-c2ccccc2)cc1NC(=O)C1COCCO1. The number of hydrogen-bond donors (Lipinski definition) is 1. The summed E-state index contributed by atoms with van der Waals surface area (Å²) in [6, 6.07) is 19.7. The number of carbonyl (C=O) groups is 1. The van der Waals surface area contributed by atoms with Crippen LogP contribution in [0.2, 0.25) is 0 Å². The first-order valence-corrected chi connectivity index (χ1v) is 8.94. The van der Waals surface area contributed by atoms with Gasteiger partial charge in [-0.25, -0.2) is 4.68 Å². The summed E-state index contributed by atoms with van der Waals surface area (Å²) in [4.78, 5) is 12.6. The van der Waals surface area contributed by atoms with Gasteiger partial charge in [-0.05, 0) is 18.6 Å². The molecule has 3 aromatic rings. The Bertz CT molecular complexity index is 931. The quantitative estimate of drug-likeness (QED) is 0.773. The molecule has 138 valence electrons. The third kappa shape index (κ3) is 3.77. The zero-order valence-corrected chi connectivity index (χ0v) is 15.1. The van der Waals surface area contributed by atoms with Crippen LogP contribution >= 0.6 is 0 Å². The highest BCUT2D eigenvalue weighted by molar-refractivity contribution is 5.94. The van der Waals surface area contributed by atoms with Crippen molar-refractivity contribution in [1.29, 1.82) is 0 Å². The molecule has 6 nitrogen and oxygen atoms in total. The summed E-state index contributed by atoms with van der Waals surface area (Å²) in [5.41, 5.74) is 3.75. The molecule has 1 fully saturated rings. The van der Waals surface area contributed by atoms with E-state index in [1.807, 2.05) is 67.6 Å². The number of para-hydroxylation sites is 1. The van der Waals surface area contributed by atoms with Gasteiger partial charge >= 0.3 is 0 Å². The fourth-order valence-electron chi connectivity index (χ4n) is 3.05. The lowest BCUT2D eigenvalue weighted by atomic mass is 10.1. The maximum atomic E-state index is 12.6. The van der Waals surface area contributed by atoms with E-state index in [4.69, 9.17) is 14.6 Å². The predicted octanol–water partition coefficient (Wildman–Crippen LogP) is 3.20. The zero-order chi connectivity index (χ0) is 18.6. The second-order valence-corrected chi connectivity index (χ2v) is 6.40. The lowest BCUT2D eigenvalue weighted by Crippen LogP contribution is -2.39. The highest BCUT2D eigenvalue weighted by Gasteiger charge is 2.24. The molecule has 1 unspecified atom stereocenters. The second kappa shape index (κ2) is 7.73. The molecule has 0 aliphatic carbocycles. The summed E-state index contributed by atoms with van der Waals surface area (Å²) in [5.74, 6) is 0.367. The maximum Gasteiger partial charge on any atom is 0.257 e. The minimum Gasteiger partial charge on any atom is -0.376 e. The summed E-state index contributed by atoms with van der Waals surface area (Å²) < 4.78 is 12.6. The van der Waals surface area contributed by atoms with Crippen molar-refractivity contribution < 1.29 is 14.3 Å². The zero-order valence-electron chi connectivity index (χ0n) is 15.1. The van der Waals surface area contributed by atoms with Crippen LogP contribution in [-0.2, 0) is 14.3 Å². The number of nitrogens with one attached hydrogen (secondary N) is 1. The highest BCUT2D eigenvalue weighted by atomic mass is 16.6. The number of aromatic nitrogens is 2. The third-order valence-electron chi connectivity index (χ3n) is 4.48. The lowest BCUT2D eigenvalue weighted by molar-refractivity contribution is -0.142. The number of aryl methyl sites for hydroxylation is 1. The number of amides is 1. The summed E-state index contributed by atoms with van der Waals surface area (Å²) in [7, 11) is 0. The molecule has 4 rings (SSSR count). The first-order chi connectivity index (χ1) is 13.2. The van der Waals surface area contributed by atoms with E-state index in [-0.39, 0.29) is 12.5 Å². The average molecular weight is 363 g/mol. The first-order valence-electron chi connectivity index (χ1n) is 8.94. The Morgan fingerprint density at radius 2 is 1.89 bits per heavy atom. The molecule has 27 heavy (non-hydrogen) atoms. The Kier molecular flexibility index (Phi) is 5.00. The van der Waals surface area contributed by atoms with Gasteiger partial charge in [0.25, 0.3) is 5.91 Å². The topological polar surface area (TPSA) is 65.4 Å². The molecule has 1 saturated heterocycles. The fourth-order valence-corrected chi connectivity index (χ4v) is 3.05. The van der Waals surface area contributed by atoms with Crippen LogP contribution in [0, 0.1) is 6.92 Å². The number of rotatable bonds is 4. The molecule has 0 spiro atoms. The van der Waals surface area contributed by atoms with E-state index >= 15 is 0 Å². The van der Waals surface area contributed by atoms with Crippen molar-refractivity contribution in [1.82, 2.24) is 9.78 Å². The van der Waals surface area contributed by atoms with Crippen LogP contribution < -0.4 is 5.32 Å². The standard InChI is InChI=1S/C21H21N3O3/c1-15-7-5-6-10-18(15)24-20(22-21(25)19-14-26-11-12-27-19)13-17(23-24)16-8-3-2-4-9-16/h2-10,13,19H,11-12,14H2,1H3,(H,22,25). The smallest absolute Gasteiger partial charge is 0.257 e. The number of hydrogen-bond acceptors (Lipinski definition) is 4.